The monoisotopic (exact) mass is 381 g/mol. The molecule has 0 unspecified atom stereocenters. The van der Waals surface area contributed by atoms with E-state index in [0.29, 0.717) is 18.2 Å². The van der Waals surface area contributed by atoms with Crippen LogP contribution >= 0.6 is 0 Å². The number of carbonyl (C=O) groups is 1. The number of nitrogens with zero attached hydrogens (tertiary/aromatic N) is 2. The van der Waals surface area contributed by atoms with Crippen LogP contribution < -0.4 is 5.32 Å². The van der Waals surface area contributed by atoms with Gasteiger partial charge in [-0.25, -0.2) is 4.99 Å². The van der Waals surface area contributed by atoms with E-state index in [-0.39, 0.29) is 11.8 Å². The van der Waals surface area contributed by atoms with E-state index >= 15 is 0 Å². The predicted octanol–water partition coefficient (Wildman–Crippen LogP) is 5.58. The summed E-state index contributed by atoms with van der Waals surface area (Å²) >= 11 is 0. The molecule has 4 heteroatoms. The summed E-state index contributed by atoms with van der Waals surface area (Å²) in [5.74, 6) is 2.36. The van der Waals surface area contributed by atoms with Gasteiger partial charge in [0.25, 0.3) is 0 Å². The lowest BCUT2D eigenvalue weighted by Gasteiger charge is -2.28. The minimum Gasteiger partial charge on any atom is -0.353 e. The van der Waals surface area contributed by atoms with Crippen LogP contribution in [0.2, 0.25) is 0 Å². The van der Waals surface area contributed by atoms with E-state index in [2.05, 4.69) is 61.8 Å². The van der Waals surface area contributed by atoms with Crippen molar-refractivity contribution in [3.63, 3.8) is 0 Å². The summed E-state index contributed by atoms with van der Waals surface area (Å²) in [5, 5.41) is 3.40. The Morgan fingerprint density at radius 2 is 2.07 bits per heavy atom. The van der Waals surface area contributed by atoms with Crippen molar-refractivity contribution in [2.24, 2.45) is 10.9 Å². The Labute approximate surface area is 170 Å². The van der Waals surface area contributed by atoms with Gasteiger partial charge in [0.15, 0.2) is 0 Å². The van der Waals surface area contributed by atoms with Crippen LogP contribution in [-0.2, 0) is 11.2 Å². The molecule has 1 N–H and O–H groups in total. The summed E-state index contributed by atoms with van der Waals surface area (Å²) in [7, 11) is 0. The lowest BCUT2D eigenvalue weighted by atomic mass is 10.0. The zero-order valence-electron chi connectivity index (χ0n) is 18.1. The first-order valence-electron chi connectivity index (χ1n) is 10.3. The fourth-order valence-corrected chi connectivity index (χ4v) is 3.74. The largest absolute Gasteiger partial charge is 0.353 e. The number of hydrogen-bond acceptors (Lipinski definition) is 3. The van der Waals surface area contributed by atoms with Crippen LogP contribution in [-0.4, -0.2) is 29.1 Å². The maximum Gasteiger partial charge on any atom is 0.133 e. The molecule has 28 heavy (non-hydrogen) atoms. The average Bonchev–Trinajstić information content (AvgIpc) is 3.07. The predicted molar refractivity (Wildman–Crippen MR) is 120 cm³/mol. The third kappa shape index (κ3) is 6.08. The van der Waals surface area contributed by atoms with Crippen LogP contribution in [0.1, 0.15) is 59.4 Å². The van der Waals surface area contributed by atoms with Crippen molar-refractivity contribution in [2.45, 2.75) is 66.3 Å². The number of hydrogen-bond donors (Lipinski definition) is 1. The quantitative estimate of drug-likeness (QED) is 0.472. The first-order chi connectivity index (χ1) is 13.3. The zero-order valence-corrected chi connectivity index (χ0v) is 18.1. The highest BCUT2D eigenvalue weighted by molar-refractivity contribution is 5.99. The van der Waals surface area contributed by atoms with Gasteiger partial charge in [-0.15, -0.1) is 0 Å². The number of allylic oxidation sites excluding steroid dienone is 1. The highest BCUT2D eigenvalue weighted by atomic mass is 16.1. The molecule has 0 aliphatic carbocycles. The molecule has 1 heterocycles. The molecule has 1 aromatic rings. The van der Waals surface area contributed by atoms with Gasteiger partial charge in [-0.2, -0.15) is 0 Å². The standard InChI is InChI=1S/C24H35N3O/c1-7-18(4)24(27-14-10-12-22(27)16-19(5)28)26-20(6)25-23-13-9-8-11-21(23)15-17(2)3/h7-9,11,13,17,22,25H,6,10,12,14-16H2,1-5H3/b18-7-,26-24?/t22-/m0/s1. The number of ketones is 1. The molecule has 0 amide bonds. The van der Waals surface area contributed by atoms with E-state index in [0.717, 1.165) is 42.9 Å². The Morgan fingerprint density at radius 3 is 2.71 bits per heavy atom. The Bertz CT molecular complexity index is 761. The number of Topliss-reactive ketones (excluding diaryl/α,β-unsaturated/α-hetero) is 1. The number of nitrogens with one attached hydrogen (secondary N) is 1. The van der Waals surface area contributed by atoms with E-state index in [9.17, 15) is 4.79 Å². The van der Waals surface area contributed by atoms with Gasteiger partial charge in [0.1, 0.15) is 17.4 Å². The van der Waals surface area contributed by atoms with E-state index in [4.69, 9.17) is 4.99 Å². The van der Waals surface area contributed by atoms with E-state index in [1.807, 2.05) is 13.0 Å². The number of para-hydroxylation sites is 1. The summed E-state index contributed by atoms with van der Waals surface area (Å²) in [5.41, 5.74) is 3.44. The van der Waals surface area contributed by atoms with Gasteiger partial charge >= 0.3 is 0 Å². The second-order valence-electron chi connectivity index (χ2n) is 8.13. The molecule has 1 aromatic carbocycles. The highest BCUT2D eigenvalue weighted by Crippen LogP contribution is 2.25. The molecule has 1 saturated heterocycles. The number of anilines is 1. The Hall–Kier alpha value is -2.36. The highest BCUT2D eigenvalue weighted by Gasteiger charge is 2.28. The summed E-state index contributed by atoms with van der Waals surface area (Å²) in [6.07, 6.45) is 5.78. The van der Waals surface area contributed by atoms with E-state index in [1.54, 1.807) is 6.92 Å². The van der Waals surface area contributed by atoms with Crippen molar-refractivity contribution < 1.29 is 4.79 Å². The molecule has 2 rings (SSSR count). The molecule has 1 aliphatic heterocycles. The molecule has 0 saturated carbocycles. The molecule has 0 aromatic heterocycles. The first-order valence-corrected chi connectivity index (χ1v) is 10.3. The van der Waals surface area contributed by atoms with Gasteiger partial charge < -0.3 is 10.2 Å². The van der Waals surface area contributed by atoms with Crippen LogP contribution in [0.3, 0.4) is 0 Å². The third-order valence-corrected chi connectivity index (χ3v) is 5.12. The van der Waals surface area contributed by atoms with Gasteiger partial charge in [0.05, 0.1) is 0 Å². The lowest BCUT2D eigenvalue weighted by Crippen LogP contribution is -2.37. The zero-order chi connectivity index (χ0) is 20.7. The molecule has 152 valence electrons. The van der Waals surface area contributed by atoms with E-state index in [1.165, 1.54) is 5.56 Å². The van der Waals surface area contributed by atoms with Crippen molar-refractivity contribution in [3.05, 3.63) is 53.9 Å². The van der Waals surface area contributed by atoms with Crippen LogP contribution in [0.15, 0.2) is 53.3 Å². The number of rotatable bonds is 8. The Balaban J connectivity index is 2.25. The van der Waals surface area contributed by atoms with Crippen molar-refractivity contribution in [3.8, 4) is 0 Å². The molecule has 0 spiro atoms. The SMILES string of the molecule is C=C(N=C(/C(C)=C\C)N1CCC[C@H]1CC(C)=O)Nc1ccccc1CC(C)C. The van der Waals surface area contributed by atoms with Crippen molar-refractivity contribution >= 4 is 17.3 Å². The van der Waals surface area contributed by atoms with Gasteiger partial charge in [0, 0.05) is 24.7 Å². The fourth-order valence-electron chi connectivity index (χ4n) is 3.74. The first kappa shape index (κ1) is 21.9. The molecule has 1 atom stereocenters. The summed E-state index contributed by atoms with van der Waals surface area (Å²) in [4.78, 5) is 18.8. The van der Waals surface area contributed by atoms with Gasteiger partial charge in [0.2, 0.25) is 0 Å². The fraction of sp³-hybridized carbons (Fsp3) is 0.500. The summed E-state index contributed by atoms with van der Waals surface area (Å²) in [6, 6.07) is 8.56. The Morgan fingerprint density at radius 1 is 1.36 bits per heavy atom. The third-order valence-electron chi connectivity index (χ3n) is 5.12. The smallest absolute Gasteiger partial charge is 0.133 e. The Kier molecular flexibility index (Phi) is 8.04. The summed E-state index contributed by atoms with van der Waals surface area (Å²) < 4.78 is 0. The maximum atomic E-state index is 11.7. The number of likely N-dealkylation sites (tertiary alicyclic amines) is 1. The number of amidine groups is 1. The van der Waals surface area contributed by atoms with Crippen LogP contribution in [0.25, 0.3) is 0 Å². The number of aliphatic imine (C=N–C) groups is 1. The molecular weight excluding hydrogens is 346 g/mol. The molecular formula is C24H35N3O. The second kappa shape index (κ2) is 10.3. The summed E-state index contributed by atoms with van der Waals surface area (Å²) in [6.45, 7) is 15.3. The number of carbonyl (C=O) groups excluding carboxylic acids is 1. The second-order valence-corrected chi connectivity index (χ2v) is 8.13. The topological polar surface area (TPSA) is 44.7 Å². The van der Waals surface area contributed by atoms with Crippen LogP contribution in [0.4, 0.5) is 5.69 Å². The lowest BCUT2D eigenvalue weighted by molar-refractivity contribution is -0.117. The molecule has 4 nitrogen and oxygen atoms in total. The maximum absolute atomic E-state index is 11.7. The van der Waals surface area contributed by atoms with Gasteiger partial charge in [-0.1, -0.05) is 44.7 Å². The average molecular weight is 382 g/mol. The van der Waals surface area contributed by atoms with Gasteiger partial charge in [-0.3, -0.25) is 4.79 Å². The van der Waals surface area contributed by atoms with Crippen molar-refractivity contribution in [1.82, 2.24) is 4.90 Å². The van der Waals surface area contributed by atoms with Crippen LogP contribution in [0, 0.1) is 5.92 Å². The van der Waals surface area contributed by atoms with Crippen molar-refractivity contribution in [1.29, 1.82) is 0 Å². The molecule has 0 radical (unpaired) electrons. The van der Waals surface area contributed by atoms with Crippen LogP contribution in [0.5, 0.6) is 0 Å². The minimum absolute atomic E-state index is 0.229. The van der Waals surface area contributed by atoms with Crippen molar-refractivity contribution in [2.75, 3.05) is 11.9 Å². The minimum atomic E-state index is 0.229. The molecule has 1 fully saturated rings. The number of benzene rings is 1. The molecule has 0 bridgehead atoms. The normalized spacial score (nSPS) is 17.9. The van der Waals surface area contributed by atoms with E-state index < -0.39 is 0 Å². The van der Waals surface area contributed by atoms with Gasteiger partial charge in [-0.05, 0) is 63.2 Å². The molecule has 1 aliphatic rings.